The van der Waals surface area contributed by atoms with E-state index in [9.17, 15) is 9.59 Å². The van der Waals surface area contributed by atoms with Crippen molar-refractivity contribution in [2.75, 3.05) is 27.3 Å². The number of methoxy groups -OCH3 is 2. The fourth-order valence-corrected chi connectivity index (χ4v) is 8.20. The monoisotopic (exact) mass is 553 g/mol. The van der Waals surface area contributed by atoms with Crippen molar-refractivity contribution in [2.24, 2.45) is 17.8 Å². The SMILES string of the molecule is COc1ccc(CCN(Cc2cccs2)C(=O)CN(C(=O)NC23CC4CC(CC(C4)C2)C3)C(C)C)cc1OC. The molecule has 0 atom stereocenters. The molecule has 2 aromatic rings. The molecule has 4 bridgehead atoms. The quantitative estimate of drug-likeness (QED) is 0.386. The number of urea groups is 1. The number of amides is 3. The topological polar surface area (TPSA) is 71.1 Å². The molecule has 4 saturated carbocycles. The van der Waals surface area contributed by atoms with Crippen LogP contribution in [-0.4, -0.2) is 60.6 Å². The largest absolute Gasteiger partial charge is 0.493 e. The van der Waals surface area contributed by atoms with Gasteiger partial charge in [0.15, 0.2) is 11.5 Å². The molecule has 0 spiro atoms. The zero-order valence-electron chi connectivity index (χ0n) is 23.8. The Morgan fingerprint density at radius 3 is 2.26 bits per heavy atom. The second-order valence-electron chi connectivity index (χ2n) is 12.2. The minimum Gasteiger partial charge on any atom is -0.493 e. The third-order valence-corrected chi connectivity index (χ3v) is 9.86. The summed E-state index contributed by atoms with van der Waals surface area (Å²) >= 11 is 1.65. The van der Waals surface area contributed by atoms with Gasteiger partial charge < -0.3 is 24.6 Å². The maximum absolute atomic E-state index is 13.8. The molecule has 0 saturated heterocycles. The van der Waals surface area contributed by atoms with Gasteiger partial charge in [0, 0.05) is 23.0 Å². The van der Waals surface area contributed by atoms with Gasteiger partial charge in [-0.2, -0.15) is 0 Å². The predicted molar refractivity (Wildman–Crippen MR) is 154 cm³/mol. The number of carbonyl (C=O) groups excluding carboxylic acids is 2. The van der Waals surface area contributed by atoms with Gasteiger partial charge in [-0.15, -0.1) is 11.3 Å². The van der Waals surface area contributed by atoms with E-state index in [0.29, 0.717) is 31.0 Å². The van der Waals surface area contributed by atoms with Crippen LogP contribution in [0.2, 0.25) is 0 Å². The summed E-state index contributed by atoms with van der Waals surface area (Å²) in [7, 11) is 3.25. The van der Waals surface area contributed by atoms with Gasteiger partial charge in [0.05, 0.1) is 20.8 Å². The highest BCUT2D eigenvalue weighted by molar-refractivity contribution is 7.09. The molecule has 0 radical (unpaired) electrons. The summed E-state index contributed by atoms with van der Waals surface area (Å²) in [6.07, 6.45) is 7.97. The maximum Gasteiger partial charge on any atom is 0.318 e. The van der Waals surface area contributed by atoms with Crippen LogP contribution in [0, 0.1) is 17.8 Å². The Hall–Kier alpha value is -2.74. The van der Waals surface area contributed by atoms with E-state index in [1.807, 2.05) is 48.4 Å². The number of ether oxygens (including phenoxy) is 2. The van der Waals surface area contributed by atoms with Gasteiger partial charge >= 0.3 is 6.03 Å². The van der Waals surface area contributed by atoms with Gasteiger partial charge in [-0.05, 0) is 106 Å². The van der Waals surface area contributed by atoms with Crippen molar-refractivity contribution in [3.05, 3.63) is 46.2 Å². The van der Waals surface area contributed by atoms with Gasteiger partial charge in [0.2, 0.25) is 5.91 Å². The first-order valence-electron chi connectivity index (χ1n) is 14.4. The van der Waals surface area contributed by atoms with E-state index in [1.54, 1.807) is 30.5 Å². The molecule has 39 heavy (non-hydrogen) atoms. The highest BCUT2D eigenvalue weighted by Crippen LogP contribution is 2.55. The molecule has 1 heterocycles. The number of thiophene rings is 1. The molecule has 6 rings (SSSR count). The van der Waals surface area contributed by atoms with Gasteiger partial charge in [-0.25, -0.2) is 4.79 Å². The number of hydrogen-bond donors (Lipinski definition) is 1. The van der Waals surface area contributed by atoms with E-state index in [1.165, 1.54) is 19.3 Å². The summed E-state index contributed by atoms with van der Waals surface area (Å²) in [5, 5.41) is 5.50. The van der Waals surface area contributed by atoms with E-state index in [-0.39, 0.29) is 30.1 Å². The molecule has 4 aliphatic rings. The Bertz CT molecular complexity index is 1110. The Labute approximate surface area is 236 Å². The van der Waals surface area contributed by atoms with Crippen molar-refractivity contribution in [1.82, 2.24) is 15.1 Å². The Kier molecular flexibility index (Phi) is 8.40. The van der Waals surface area contributed by atoms with E-state index < -0.39 is 0 Å². The average Bonchev–Trinajstić information content (AvgIpc) is 3.41. The molecular weight excluding hydrogens is 510 g/mol. The van der Waals surface area contributed by atoms with Crippen LogP contribution in [0.3, 0.4) is 0 Å². The van der Waals surface area contributed by atoms with Crippen LogP contribution < -0.4 is 14.8 Å². The van der Waals surface area contributed by atoms with Crippen molar-refractivity contribution < 1.29 is 19.1 Å². The van der Waals surface area contributed by atoms with Gasteiger partial charge in [-0.1, -0.05) is 12.1 Å². The van der Waals surface area contributed by atoms with Crippen LogP contribution in [0.1, 0.15) is 62.8 Å². The standard InChI is InChI=1S/C31H43N3O4S/c1-21(2)34(30(36)32-31-16-23-12-24(17-31)14-25(13-23)18-31)20-29(35)33(19-26-6-5-11-39-26)10-9-22-7-8-27(37-3)28(15-22)38-4/h5-8,11,15,21,23-25H,9-10,12-14,16-20H2,1-4H3,(H,32,36). The number of hydrogen-bond acceptors (Lipinski definition) is 5. The third kappa shape index (κ3) is 6.37. The first-order chi connectivity index (χ1) is 18.8. The predicted octanol–water partition coefficient (Wildman–Crippen LogP) is 5.73. The van der Waals surface area contributed by atoms with Crippen LogP contribution in [0.5, 0.6) is 11.5 Å². The lowest BCUT2D eigenvalue weighted by atomic mass is 9.53. The Morgan fingerprint density at radius 1 is 1.03 bits per heavy atom. The highest BCUT2D eigenvalue weighted by atomic mass is 32.1. The summed E-state index contributed by atoms with van der Waals surface area (Å²) in [4.78, 5) is 32.2. The zero-order chi connectivity index (χ0) is 27.6. The molecule has 1 aromatic carbocycles. The summed E-state index contributed by atoms with van der Waals surface area (Å²) in [6, 6.07) is 9.78. The van der Waals surface area contributed by atoms with Crippen LogP contribution in [0.4, 0.5) is 4.79 Å². The lowest BCUT2D eigenvalue weighted by molar-refractivity contribution is -0.132. The molecule has 1 N–H and O–H groups in total. The number of rotatable bonds is 11. The molecule has 0 unspecified atom stereocenters. The van der Waals surface area contributed by atoms with Gasteiger partial charge in [-0.3, -0.25) is 4.79 Å². The first-order valence-corrected chi connectivity index (χ1v) is 15.3. The second-order valence-corrected chi connectivity index (χ2v) is 13.2. The highest BCUT2D eigenvalue weighted by Gasteiger charge is 2.52. The van der Waals surface area contributed by atoms with Crippen molar-refractivity contribution in [3.8, 4) is 11.5 Å². The summed E-state index contributed by atoms with van der Waals surface area (Å²) in [5.74, 6) is 3.60. The average molecular weight is 554 g/mol. The molecule has 212 valence electrons. The van der Waals surface area contributed by atoms with E-state index >= 15 is 0 Å². The van der Waals surface area contributed by atoms with Crippen LogP contribution >= 0.6 is 11.3 Å². The number of nitrogens with one attached hydrogen (secondary N) is 1. The number of nitrogens with zero attached hydrogens (tertiary/aromatic N) is 2. The lowest BCUT2D eigenvalue weighted by Crippen LogP contribution is -2.63. The molecule has 7 nitrogen and oxygen atoms in total. The molecule has 8 heteroatoms. The smallest absolute Gasteiger partial charge is 0.318 e. The molecule has 4 fully saturated rings. The molecule has 0 aliphatic heterocycles. The van der Waals surface area contributed by atoms with Gasteiger partial charge in [0.1, 0.15) is 6.54 Å². The molecule has 3 amide bonds. The maximum atomic E-state index is 13.8. The zero-order valence-corrected chi connectivity index (χ0v) is 24.6. The summed E-state index contributed by atoms with van der Waals surface area (Å²) in [5.41, 5.74) is 0.989. The van der Waals surface area contributed by atoms with Gasteiger partial charge in [0.25, 0.3) is 0 Å². The van der Waals surface area contributed by atoms with Crippen LogP contribution in [0.15, 0.2) is 35.7 Å². The minimum atomic E-state index is -0.0868. The van der Waals surface area contributed by atoms with Crippen molar-refractivity contribution in [1.29, 1.82) is 0 Å². The van der Waals surface area contributed by atoms with E-state index in [2.05, 4.69) is 11.4 Å². The summed E-state index contributed by atoms with van der Waals surface area (Å²) < 4.78 is 10.8. The van der Waals surface area contributed by atoms with Crippen molar-refractivity contribution in [2.45, 2.75) is 76.9 Å². The fraction of sp³-hybridized carbons (Fsp3) is 0.613. The molecule has 1 aromatic heterocycles. The van der Waals surface area contributed by atoms with E-state index in [0.717, 1.165) is 47.5 Å². The lowest BCUT2D eigenvalue weighted by Gasteiger charge is -2.57. The molecular formula is C31H43N3O4S. The molecule has 4 aliphatic carbocycles. The summed E-state index contributed by atoms with van der Waals surface area (Å²) in [6.45, 7) is 5.16. The fourth-order valence-electron chi connectivity index (χ4n) is 7.48. The first kappa shape index (κ1) is 27.8. The Morgan fingerprint density at radius 2 is 1.69 bits per heavy atom. The number of benzene rings is 1. The minimum absolute atomic E-state index is 0.0294. The normalized spacial score (nSPS) is 25.0. The second kappa shape index (κ2) is 11.8. The number of carbonyl (C=O) groups is 2. The van der Waals surface area contributed by atoms with Crippen molar-refractivity contribution >= 4 is 23.3 Å². The third-order valence-electron chi connectivity index (χ3n) is 9.00. The Balaban J connectivity index is 1.27. The van der Waals surface area contributed by atoms with Crippen LogP contribution in [-0.2, 0) is 17.8 Å². The van der Waals surface area contributed by atoms with Crippen molar-refractivity contribution in [3.63, 3.8) is 0 Å². The van der Waals surface area contributed by atoms with Crippen LogP contribution in [0.25, 0.3) is 0 Å². The van der Waals surface area contributed by atoms with E-state index in [4.69, 9.17) is 9.47 Å².